The van der Waals surface area contributed by atoms with E-state index in [-0.39, 0.29) is 17.6 Å². The van der Waals surface area contributed by atoms with Crippen LogP contribution >= 0.6 is 0 Å². The molecule has 29 heavy (non-hydrogen) atoms. The Morgan fingerprint density at radius 1 is 1.00 bits per heavy atom. The molecule has 1 saturated heterocycles. The zero-order valence-corrected chi connectivity index (χ0v) is 19.6. The minimum Gasteiger partial charge on any atom is -0.361 e. The standard InChI is InChI=1S/C27H44O2/c1-16(2)7-6-8-17(3)20-11-12-21-19-10-9-18-15-23(28)24-25(29-24)27(18,5)22(19)13-14-26(20,21)4/h16-22,24-25H,6-15H2,1-5H3/t17-,18?,19+,20-,21+,22+,24+,25+,26-,27+/m1/s1. The highest BCUT2D eigenvalue weighted by molar-refractivity contribution is 5.87. The van der Waals surface area contributed by atoms with Gasteiger partial charge in [-0.2, -0.15) is 0 Å². The fourth-order valence-electron chi connectivity index (χ4n) is 9.45. The summed E-state index contributed by atoms with van der Waals surface area (Å²) in [5, 5.41) is 0. The van der Waals surface area contributed by atoms with E-state index < -0.39 is 0 Å². The second-order valence-corrected chi connectivity index (χ2v) is 12.7. The van der Waals surface area contributed by atoms with E-state index in [1.54, 1.807) is 0 Å². The Morgan fingerprint density at radius 3 is 2.55 bits per heavy atom. The van der Waals surface area contributed by atoms with Crippen molar-refractivity contribution in [3.8, 4) is 0 Å². The van der Waals surface area contributed by atoms with Crippen molar-refractivity contribution < 1.29 is 9.53 Å². The number of hydrogen-bond acceptors (Lipinski definition) is 2. The Labute approximate surface area is 178 Å². The van der Waals surface area contributed by atoms with E-state index in [1.165, 1.54) is 57.8 Å². The van der Waals surface area contributed by atoms with Crippen molar-refractivity contribution in [3.05, 3.63) is 0 Å². The van der Waals surface area contributed by atoms with Crippen LogP contribution in [0.3, 0.4) is 0 Å². The lowest BCUT2D eigenvalue weighted by molar-refractivity contribution is -0.135. The molecule has 0 aromatic heterocycles. The molecule has 0 bridgehead atoms. The van der Waals surface area contributed by atoms with Gasteiger partial charge in [-0.15, -0.1) is 0 Å². The summed E-state index contributed by atoms with van der Waals surface area (Å²) in [5.41, 5.74) is 0.847. The van der Waals surface area contributed by atoms with Gasteiger partial charge in [-0.3, -0.25) is 4.79 Å². The average Bonchev–Trinajstić information content (AvgIpc) is 3.40. The van der Waals surface area contributed by atoms with Crippen LogP contribution in [0.5, 0.6) is 0 Å². The third-order valence-electron chi connectivity index (χ3n) is 11.0. The van der Waals surface area contributed by atoms with Gasteiger partial charge in [-0.05, 0) is 85.4 Å². The van der Waals surface area contributed by atoms with Crippen LogP contribution < -0.4 is 0 Å². The molecule has 5 rings (SSSR count). The first kappa shape index (κ1) is 20.5. The van der Waals surface area contributed by atoms with Crippen LogP contribution in [0.1, 0.15) is 98.8 Å². The maximum Gasteiger partial charge on any atom is 0.164 e. The molecule has 0 amide bonds. The average molecular weight is 401 g/mol. The van der Waals surface area contributed by atoms with Crippen LogP contribution in [-0.4, -0.2) is 18.0 Å². The highest BCUT2D eigenvalue weighted by atomic mass is 16.6. The molecule has 0 N–H and O–H groups in total. The van der Waals surface area contributed by atoms with Gasteiger partial charge in [-0.1, -0.05) is 53.9 Å². The highest BCUT2D eigenvalue weighted by Crippen LogP contribution is 2.70. The molecule has 4 aliphatic carbocycles. The Bertz CT molecular complexity index is 655. The van der Waals surface area contributed by atoms with Crippen molar-refractivity contribution in [2.45, 2.75) is 111 Å². The molecule has 0 spiro atoms. The quantitative estimate of drug-likeness (QED) is 0.483. The Morgan fingerprint density at radius 2 is 1.79 bits per heavy atom. The zero-order valence-electron chi connectivity index (χ0n) is 19.6. The summed E-state index contributed by atoms with van der Waals surface area (Å²) in [5.74, 6) is 6.28. The molecular weight excluding hydrogens is 356 g/mol. The summed E-state index contributed by atoms with van der Waals surface area (Å²) in [7, 11) is 0. The van der Waals surface area contributed by atoms with Crippen LogP contribution in [0.25, 0.3) is 0 Å². The zero-order chi connectivity index (χ0) is 20.6. The molecule has 10 atom stereocenters. The molecule has 164 valence electrons. The van der Waals surface area contributed by atoms with Crippen molar-refractivity contribution in [2.24, 2.45) is 52.3 Å². The number of hydrogen-bond donors (Lipinski definition) is 0. The molecule has 4 saturated carbocycles. The largest absolute Gasteiger partial charge is 0.361 e. The predicted molar refractivity (Wildman–Crippen MR) is 118 cm³/mol. The number of Topliss-reactive ketones (excluding diaryl/α,β-unsaturated/α-hetero) is 1. The van der Waals surface area contributed by atoms with E-state index in [2.05, 4.69) is 34.6 Å². The molecule has 5 fully saturated rings. The summed E-state index contributed by atoms with van der Waals surface area (Å²) < 4.78 is 6.02. The molecule has 1 unspecified atom stereocenters. The van der Waals surface area contributed by atoms with E-state index >= 15 is 0 Å². The van der Waals surface area contributed by atoms with Gasteiger partial charge in [0, 0.05) is 11.8 Å². The molecule has 2 nitrogen and oxygen atoms in total. The Kier molecular flexibility index (Phi) is 5.01. The van der Waals surface area contributed by atoms with Gasteiger partial charge >= 0.3 is 0 Å². The minimum atomic E-state index is -0.0272. The first-order chi connectivity index (χ1) is 13.8. The number of carbonyl (C=O) groups is 1. The fraction of sp³-hybridized carbons (Fsp3) is 0.963. The van der Waals surface area contributed by atoms with Gasteiger partial charge in [0.2, 0.25) is 0 Å². The smallest absolute Gasteiger partial charge is 0.164 e. The number of epoxide rings is 1. The minimum absolute atomic E-state index is 0.0272. The monoisotopic (exact) mass is 400 g/mol. The van der Waals surface area contributed by atoms with Crippen LogP contribution in [0.15, 0.2) is 0 Å². The summed E-state index contributed by atoms with van der Waals surface area (Å²) >= 11 is 0. The van der Waals surface area contributed by atoms with Crippen molar-refractivity contribution in [2.75, 3.05) is 0 Å². The second kappa shape index (κ2) is 7.07. The maximum absolute atomic E-state index is 12.3. The summed E-state index contributed by atoms with van der Waals surface area (Å²) in [6.07, 6.45) is 13.7. The van der Waals surface area contributed by atoms with E-state index in [0.717, 1.165) is 41.9 Å². The van der Waals surface area contributed by atoms with Crippen LogP contribution in [0.4, 0.5) is 0 Å². The summed E-state index contributed by atoms with van der Waals surface area (Å²) in [4.78, 5) is 12.3. The molecule has 0 aromatic rings. The van der Waals surface area contributed by atoms with E-state index in [4.69, 9.17) is 4.74 Å². The van der Waals surface area contributed by atoms with E-state index in [1.807, 2.05) is 0 Å². The molecule has 1 aliphatic heterocycles. The molecule has 5 aliphatic rings. The number of fused-ring (bicyclic) bond motifs is 7. The van der Waals surface area contributed by atoms with E-state index in [0.29, 0.717) is 17.1 Å². The van der Waals surface area contributed by atoms with Crippen LogP contribution in [0, 0.1) is 52.3 Å². The Hall–Kier alpha value is -0.370. The van der Waals surface area contributed by atoms with Crippen LogP contribution in [-0.2, 0) is 9.53 Å². The van der Waals surface area contributed by atoms with Gasteiger partial charge < -0.3 is 4.74 Å². The van der Waals surface area contributed by atoms with Crippen LogP contribution in [0.2, 0.25) is 0 Å². The molecule has 0 aromatic carbocycles. The Balaban J connectivity index is 1.32. The van der Waals surface area contributed by atoms with Gasteiger partial charge in [0.25, 0.3) is 0 Å². The van der Waals surface area contributed by atoms with Gasteiger partial charge in [-0.25, -0.2) is 0 Å². The predicted octanol–water partition coefficient (Wildman–Crippen LogP) is 6.66. The van der Waals surface area contributed by atoms with Crippen molar-refractivity contribution in [1.29, 1.82) is 0 Å². The second-order valence-electron chi connectivity index (χ2n) is 12.7. The summed E-state index contributed by atoms with van der Waals surface area (Å²) in [6.45, 7) is 12.5. The SMILES string of the molecule is CC(C)CCC[C@@H](C)[C@H]1CC[C@H]2[C@@H]3CCC4CC(=O)[C@@H]5O[C@@H]5[C@]4(C)[C@H]3CC[C@]12C. The topological polar surface area (TPSA) is 29.6 Å². The number of rotatable bonds is 5. The third-order valence-corrected chi connectivity index (χ3v) is 11.0. The molecule has 1 heterocycles. The molecule has 2 heteroatoms. The summed E-state index contributed by atoms with van der Waals surface area (Å²) in [6, 6.07) is 0. The van der Waals surface area contributed by atoms with Crippen molar-refractivity contribution in [1.82, 2.24) is 0 Å². The lowest BCUT2D eigenvalue weighted by Crippen LogP contribution is -2.56. The van der Waals surface area contributed by atoms with Gasteiger partial charge in [0.1, 0.15) is 6.10 Å². The lowest BCUT2D eigenvalue weighted by atomic mass is 9.44. The first-order valence-electron chi connectivity index (χ1n) is 12.9. The van der Waals surface area contributed by atoms with Crippen molar-refractivity contribution in [3.63, 3.8) is 0 Å². The number of ketones is 1. The highest BCUT2D eigenvalue weighted by Gasteiger charge is 2.69. The maximum atomic E-state index is 12.3. The number of ether oxygens (including phenoxy) is 1. The van der Waals surface area contributed by atoms with Crippen molar-refractivity contribution >= 4 is 5.78 Å². The molecular formula is C27H44O2. The lowest BCUT2D eigenvalue weighted by Gasteiger charge is -2.59. The molecule has 0 radical (unpaired) electrons. The number of carbonyl (C=O) groups excluding carboxylic acids is 1. The normalized spacial score (nSPS) is 51.8. The fourth-order valence-corrected chi connectivity index (χ4v) is 9.45. The third kappa shape index (κ3) is 3.01. The van der Waals surface area contributed by atoms with E-state index in [9.17, 15) is 4.79 Å². The van der Waals surface area contributed by atoms with Gasteiger partial charge in [0.15, 0.2) is 5.78 Å². The first-order valence-corrected chi connectivity index (χ1v) is 12.9. The van der Waals surface area contributed by atoms with Gasteiger partial charge in [0.05, 0.1) is 6.10 Å².